The van der Waals surface area contributed by atoms with E-state index in [1.807, 2.05) is 0 Å². The molecular weight excluding hydrogens is 424 g/mol. The predicted molar refractivity (Wildman–Crippen MR) is 143 cm³/mol. The highest BCUT2D eigenvalue weighted by atomic mass is 31.1. The van der Waals surface area contributed by atoms with Crippen LogP contribution in [0.4, 0.5) is 0 Å². The molecule has 4 aromatic carbocycles. The number of hydrogen-bond donors (Lipinski definition) is 0. The van der Waals surface area contributed by atoms with Crippen LogP contribution in [-0.2, 0) is 0 Å². The average Bonchev–Trinajstić information content (AvgIpc) is 3.22. The average molecular weight is 454 g/mol. The van der Waals surface area contributed by atoms with Crippen molar-refractivity contribution in [1.29, 1.82) is 0 Å². The van der Waals surface area contributed by atoms with Crippen molar-refractivity contribution in [2.75, 3.05) is 13.6 Å². The fraction of sp³-hybridized carbons (Fsp3) is 0.172. The lowest BCUT2D eigenvalue weighted by Crippen LogP contribution is -2.30. The van der Waals surface area contributed by atoms with Crippen molar-refractivity contribution in [1.82, 2.24) is 4.90 Å². The Bertz CT molecular complexity index is 1020. The van der Waals surface area contributed by atoms with Crippen LogP contribution in [0.15, 0.2) is 121 Å². The maximum absolute atomic E-state index is 2.65. The molecule has 0 aliphatic carbocycles. The van der Waals surface area contributed by atoms with Crippen molar-refractivity contribution in [2.24, 2.45) is 0 Å². The van der Waals surface area contributed by atoms with Crippen molar-refractivity contribution in [3.05, 3.63) is 121 Å². The van der Waals surface area contributed by atoms with Gasteiger partial charge in [-0.15, -0.1) is 0 Å². The van der Waals surface area contributed by atoms with Gasteiger partial charge in [0.15, 0.2) is 0 Å². The third kappa shape index (κ3) is 4.57. The molecule has 0 amide bonds. The summed E-state index contributed by atoms with van der Waals surface area (Å²) >= 11 is 0. The Morgan fingerprint density at radius 1 is 0.531 bits per heavy atom. The SMILES string of the molecule is CN1CC(P(c2ccccc2)c2ccccc2)C[C@@H]1P(c1ccccc1)c1ccccc1. The van der Waals surface area contributed by atoms with Crippen molar-refractivity contribution in [2.45, 2.75) is 17.9 Å². The maximum Gasteiger partial charge on any atom is 0.0382 e. The zero-order chi connectivity index (χ0) is 21.8. The standard InChI is InChI=1S/C29H29NP2/c1-30-23-28(31(24-14-6-2-7-15-24)25-16-8-3-9-17-25)22-29(30)32(26-18-10-4-11-19-26)27-20-12-5-13-21-27/h2-21,28-29H,22-23H2,1H3/t28?,29-/m0/s1. The van der Waals surface area contributed by atoms with Gasteiger partial charge in [0, 0.05) is 18.0 Å². The van der Waals surface area contributed by atoms with E-state index in [1.54, 1.807) is 0 Å². The topological polar surface area (TPSA) is 3.24 Å². The van der Waals surface area contributed by atoms with Gasteiger partial charge in [0.2, 0.25) is 0 Å². The molecule has 0 radical (unpaired) electrons. The van der Waals surface area contributed by atoms with Gasteiger partial charge in [-0.3, -0.25) is 4.90 Å². The van der Waals surface area contributed by atoms with Gasteiger partial charge in [-0.1, -0.05) is 121 Å². The molecule has 1 aliphatic heterocycles. The van der Waals surface area contributed by atoms with Gasteiger partial charge < -0.3 is 0 Å². The summed E-state index contributed by atoms with van der Waals surface area (Å²) in [5.74, 6) is 0.553. The molecule has 0 spiro atoms. The van der Waals surface area contributed by atoms with E-state index in [4.69, 9.17) is 0 Å². The number of hydrogen-bond acceptors (Lipinski definition) is 1. The maximum atomic E-state index is 2.65. The molecule has 1 nitrogen and oxygen atoms in total. The van der Waals surface area contributed by atoms with Crippen LogP contribution in [0.2, 0.25) is 0 Å². The van der Waals surface area contributed by atoms with Crippen LogP contribution in [0.1, 0.15) is 6.42 Å². The summed E-state index contributed by atoms with van der Waals surface area (Å²) in [5, 5.41) is 5.96. The summed E-state index contributed by atoms with van der Waals surface area (Å²) in [7, 11) is 1.50. The first kappa shape index (κ1) is 21.5. The number of nitrogens with zero attached hydrogens (tertiary/aromatic N) is 1. The summed E-state index contributed by atoms with van der Waals surface area (Å²) in [6.07, 6.45) is 1.24. The van der Waals surface area contributed by atoms with Gasteiger partial charge in [0.05, 0.1) is 0 Å². The van der Waals surface area contributed by atoms with E-state index in [0.29, 0.717) is 11.4 Å². The third-order valence-corrected chi connectivity index (χ3v) is 12.0. The highest BCUT2D eigenvalue weighted by molar-refractivity contribution is 7.74. The second-order valence-electron chi connectivity index (χ2n) is 8.39. The van der Waals surface area contributed by atoms with Gasteiger partial charge in [0.1, 0.15) is 0 Å². The van der Waals surface area contributed by atoms with E-state index in [-0.39, 0.29) is 0 Å². The zero-order valence-electron chi connectivity index (χ0n) is 18.5. The van der Waals surface area contributed by atoms with Crippen molar-refractivity contribution < 1.29 is 0 Å². The fourth-order valence-corrected chi connectivity index (χ4v) is 10.9. The van der Waals surface area contributed by atoms with Crippen LogP contribution in [0.3, 0.4) is 0 Å². The zero-order valence-corrected chi connectivity index (χ0v) is 20.2. The minimum atomic E-state index is -0.444. The minimum Gasteiger partial charge on any atom is -0.298 e. The number of likely N-dealkylation sites (tertiary alicyclic amines) is 1. The number of benzene rings is 4. The Hall–Kier alpha value is -2.30. The molecule has 1 unspecified atom stereocenters. The number of rotatable bonds is 6. The Balaban J connectivity index is 1.52. The molecule has 1 heterocycles. The second kappa shape index (κ2) is 10.1. The Morgan fingerprint density at radius 2 is 0.875 bits per heavy atom. The Morgan fingerprint density at radius 3 is 1.25 bits per heavy atom. The molecule has 3 heteroatoms. The predicted octanol–water partition coefficient (Wildman–Crippen LogP) is 5.28. The monoisotopic (exact) mass is 453 g/mol. The van der Waals surface area contributed by atoms with Crippen LogP contribution in [0.5, 0.6) is 0 Å². The normalized spacial score (nSPS) is 19.0. The highest BCUT2D eigenvalue weighted by Gasteiger charge is 2.40. The molecule has 4 aromatic rings. The molecule has 0 bridgehead atoms. The van der Waals surface area contributed by atoms with E-state index in [1.165, 1.54) is 27.6 Å². The summed E-state index contributed by atoms with van der Waals surface area (Å²) in [4.78, 5) is 2.65. The van der Waals surface area contributed by atoms with Crippen LogP contribution < -0.4 is 21.2 Å². The van der Waals surface area contributed by atoms with Gasteiger partial charge in [-0.05, 0) is 50.5 Å². The summed E-state index contributed by atoms with van der Waals surface area (Å²) in [6, 6.07) is 44.8. The lowest BCUT2D eigenvalue weighted by molar-refractivity contribution is 0.388. The quantitative estimate of drug-likeness (QED) is 0.359. The van der Waals surface area contributed by atoms with E-state index in [2.05, 4.69) is 133 Å². The van der Waals surface area contributed by atoms with Crippen molar-refractivity contribution >= 4 is 37.1 Å². The van der Waals surface area contributed by atoms with Crippen LogP contribution in [0.25, 0.3) is 0 Å². The molecule has 0 saturated carbocycles. The van der Waals surface area contributed by atoms with Crippen LogP contribution >= 0.6 is 15.8 Å². The van der Waals surface area contributed by atoms with E-state index in [9.17, 15) is 0 Å². The van der Waals surface area contributed by atoms with Gasteiger partial charge in [0.25, 0.3) is 0 Å². The molecular formula is C29H29NP2. The summed E-state index contributed by atoms with van der Waals surface area (Å²) < 4.78 is 0. The molecule has 0 N–H and O–H groups in total. The molecule has 1 aliphatic rings. The van der Waals surface area contributed by atoms with E-state index >= 15 is 0 Å². The second-order valence-corrected chi connectivity index (χ2v) is 13.3. The largest absolute Gasteiger partial charge is 0.298 e. The lowest BCUT2D eigenvalue weighted by Gasteiger charge is -2.30. The molecule has 1 fully saturated rings. The third-order valence-electron chi connectivity index (χ3n) is 6.29. The molecule has 5 rings (SSSR count). The summed E-state index contributed by atoms with van der Waals surface area (Å²) in [6.45, 7) is 1.15. The minimum absolute atomic E-state index is 0.399. The van der Waals surface area contributed by atoms with Crippen molar-refractivity contribution in [3.8, 4) is 0 Å². The first-order chi connectivity index (χ1) is 15.8. The van der Waals surface area contributed by atoms with E-state index < -0.39 is 15.8 Å². The highest BCUT2D eigenvalue weighted by Crippen LogP contribution is 2.52. The fourth-order valence-electron chi connectivity index (χ4n) is 4.86. The first-order valence-corrected chi connectivity index (χ1v) is 14.1. The van der Waals surface area contributed by atoms with Crippen LogP contribution in [0, 0.1) is 0 Å². The molecule has 1 saturated heterocycles. The van der Waals surface area contributed by atoms with Crippen LogP contribution in [-0.4, -0.2) is 29.9 Å². The van der Waals surface area contributed by atoms with E-state index in [0.717, 1.165) is 6.54 Å². The molecule has 0 aromatic heterocycles. The van der Waals surface area contributed by atoms with Gasteiger partial charge in [-0.2, -0.15) is 0 Å². The smallest absolute Gasteiger partial charge is 0.0382 e. The molecule has 2 atom stereocenters. The van der Waals surface area contributed by atoms with Gasteiger partial charge >= 0.3 is 0 Å². The molecule has 32 heavy (non-hydrogen) atoms. The van der Waals surface area contributed by atoms with Crippen molar-refractivity contribution in [3.63, 3.8) is 0 Å². The first-order valence-electron chi connectivity index (χ1n) is 11.3. The van der Waals surface area contributed by atoms with Gasteiger partial charge in [-0.25, -0.2) is 0 Å². The summed E-state index contributed by atoms with van der Waals surface area (Å²) in [5.41, 5.74) is 0.655. The molecule has 160 valence electrons. The lowest BCUT2D eigenvalue weighted by atomic mass is 10.3. The Kier molecular flexibility index (Phi) is 6.80. The Labute approximate surface area is 194 Å².